The van der Waals surface area contributed by atoms with Crippen molar-refractivity contribution in [2.75, 3.05) is 23.7 Å². The second-order valence-electron chi connectivity index (χ2n) is 10.5. The van der Waals surface area contributed by atoms with Crippen LogP contribution in [0, 0.1) is 0 Å². The van der Waals surface area contributed by atoms with E-state index in [1.54, 1.807) is 41.3 Å². The van der Waals surface area contributed by atoms with Gasteiger partial charge < -0.3 is 15.0 Å². The number of anilines is 1. The first-order valence-electron chi connectivity index (χ1n) is 14.6. The summed E-state index contributed by atoms with van der Waals surface area (Å²) in [5, 5.41) is 3.59. The number of sulfonamides is 1. The lowest BCUT2D eigenvalue weighted by Gasteiger charge is -2.33. The summed E-state index contributed by atoms with van der Waals surface area (Å²) in [5.74, 6) is -0.0438. The Kier molecular flexibility index (Phi) is 12.9. The number of carbonyl (C=O) groups excluding carboxylic acids is 2. The van der Waals surface area contributed by atoms with Crippen molar-refractivity contribution in [2.24, 2.45) is 0 Å². The summed E-state index contributed by atoms with van der Waals surface area (Å²) in [6.07, 6.45) is 2.48. The van der Waals surface area contributed by atoms with Gasteiger partial charge in [-0.1, -0.05) is 73.1 Å². The van der Waals surface area contributed by atoms with Crippen LogP contribution >= 0.6 is 11.6 Å². The minimum Gasteiger partial charge on any atom is -0.492 e. The molecule has 2 amide bonds. The summed E-state index contributed by atoms with van der Waals surface area (Å²) in [6.45, 7) is 6.38. The van der Waals surface area contributed by atoms with E-state index in [4.69, 9.17) is 16.3 Å². The van der Waals surface area contributed by atoms with Crippen LogP contribution in [0.5, 0.6) is 5.75 Å². The standard InChI is InChI=1S/C33H42ClN3O5S/c1-5-25(3)35-33(39)30(23-26-14-8-7-9-15-26)36(24-27-16-12-17-28(34)22-27)32(38)20-13-21-37(43(4,40)41)29-18-10-11-19-31(29)42-6-2/h7-12,14-19,22,25,30H,5-6,13,20-21,23-24H2,1-4H3,(H,35,39)/t25-,30-/m0/s1. The van der Waals surface area contributed by atoms with Gasteiger partial charge in [0.05, 0.1) is 18.6 Å². The summed E-state index contributed by atoms with van der Waals surface area (Å²) >= 11 is 6.27. The molecule has 0 bridgehead atoms. The number of para-hydroxylation sites is 2. The minimum atomic E-state index is -3.67. The number of halogens is 1. The number of nitrogens with zero attached hydrogens (tertiary/aromatic N) is 2. The van der Waals surface area contributed by atoms with E-state index in [9.17, 15) is 18.0 Å². The van der Waals surface area contributed by atoms with Gasteiger partial charge in [0.1, 0.15) is 11.8 Å². The molecule has 0 fully saturated rings. The molecular weight excluding hydrogens is 586 g/mol. The molecule has 43 heavy (non-hydrogen) atoms. The van der Waals surface area contributed by atoms with Crippen LogP contribution in [0.2, 0.25) is 5.02 Å². The fourth-order valence-electron chi connectivity index (χ4n) is 4.75. The molecule has 8 nitrogen and oxygen atoms in total. The molecule has 0 unspecified atom stereocenters. The molecule has 0 aliphatic heterocycles. The van der Waals surface area contributed by atoms with Gasteiger partial charge in [-0.25, -0.2) is 8.42 Å². The van der Waals surface area contributed by atoms with Crippen molar-refractivity contribution >= 4 is 39.1 Å². The summed E-state index contributed by atoms with van der Waals surface area (Å²) in [5.41, 5.74) is 2.13. The number of rotatable bonds is 16. The molecule has 0 aromatic heterocycles. The van der Waals surface area contributed by atoms with Crippen LogP contribution in [-0.2, 0) is 32.6 Å². The molecule has 232 valence electrons. The van der Waals surface area contributed by atoms with Gasteiger partial charge in [-0.05, 0) is 62.1 Å². The molecule has 0 saturated heterocycles. The van der Waals surface area contributed by atoms with Crippen LogP contribution in [-0.4, -0.2) is 56.6 Å². The maximum absolute atomic E-state index is 14.0. The number of carbonyl (C=O) groups is 2. The average Bonchev–Trinajstić information content (AvgIpc) is 2.97. The van der Waals surface area contributed by atoms with E-state index in [0.29, 0.717) is 29.5 Å². The van der Waals surface area contributed by atoms with Gasteiger partial charge >= 0.3 is 0 Å². The van der Waals surface area contributed by atoms with Gasteiger partial charge in [0.2, 0.25) is 21.8 Å². The molecule has 0 aliphatic rings. The van der Waals surface area contributed by atoms with Crippen LogP contribution < -0.4 is 14.4 Å². The summed E-state index contributed by atoms with van der Waals surface area (Å²) in [6, 6.07) is 22.9. The van der Waals surface area contributed by atoms with Crippen molar-refractivity contribution in [1.82, 2.24) is 10.2 Å². The van der Waals surface area contributed by atoms with E-state index in [-0.39, 0.29) is 43.8 Å². The summed E-state index contributed by atoms with van der Waals surface area (Å²) in [4.78, 5) is 29.3. The smallest absolute Gasteiger partial charge is 0.243 e. The van der Waals surface area contributed by atoms with Crippen molar-refractivity contribution < 1.29 is 22.7 Å². The van der Waals surface area contributed by atoms with E-state index >= 15 is 0 Å². The third-order valence-corrected chi connectivity index (χ3v) is 8.52. The Bertz CT molecular complexity index is 1450. The Hall–Kier alpha value is -3.56. The number of hydrogen-bond donors (Lipinski definition) is 1. The van der Waals surface area contributed by atoms with Crippen molar-refractivity contribution in [3.63, 3.8) is 0 Å². The quantitative estimate of drug-likeness (QED) is 0.215. The van der Waals surface area contributed by atoms with Crippen molar-refractivity contribution in [3.8, 4) is 5.75 Å². The highest BCUT2D eigenvalue weighted by atomic mass is 35.5. The molecule has 0 heterocycles. The molecular formula is C33H42ClN3O5S. The zero-order valence-electron chi connectivity index (χ0n) is 25.3. The SMILES string of the molecule is CCOc1ccccc1N(CCCC(=O)N(Cc1cccc(Cl)c1)[C@@H](Cc1ccccc1)C(=O)N[C@@H](C)CC)S(C)(=O)=O. The van der Waals surface area contributed by atoms with Gasteiger partial charge in [0.25, 0.3) is 0 Å². The van der Waals surface area contributed by atoms with Crippen LogP contribution in [0.25, 0.3) is 0 Å². The normalized spacial score (nSPS) is 12.7. The van der Waals surface area contributed by atoms with Crippen molar-refractivity contribution in [2.45, 2.75) is 65.1 Å². The molecule has 3 aromatic rings. The van der Waals surface area contributed by atoms with Gasteiger partial charge in [0.15, 0.2) is 0 Å². The van der Waals surface area contributed by atoms with Crippen LogP contribution in [0.1, 0.15) is 51.2 Å². The molecule has 0 aliphatic carbocycles. The lowest BCUT2D eigenvalue weighted by molar-refractivity contribution is -0.141. The second kappa shape index (κ2) is 16.3. The highest BCUT2D eigenvalue weighted by molar-refractivity contribution is 7.92. The molecule has 3 aromatic carbocycles. The number of amides is 2. The molecule has 3 rings (SSSR count). The van der Waals surface area contributed by atoms with E-state index in [0.717, 1.165) is 23.8 Å². The van der Waals surface area contributed by atoms with Gasteiger partial charge in [-0.15, -0.1) is 0 Å². The van der Waals surface area contributed by atoms with Crippen LogP contribution in [0.4, 0.5) is 5.69 Å². The predicted molar refractivity (Wildman–Crippen MR) is 173 cm³/mol. The van der Waals surface area contributed by atoms with Crippen LogP contribution in [0.3, 0.4) is 0 Å². The molecule has 0 spiro atoms. The second-order valence-corrected chi connectivity index (χ2v) is 12.9. The minimum absolute atomic E-state index is 0.0330. The zero-order chi connectivity index (χ0) is 31.4. The van der Waals surface area contributed by atoms with Crippen molar-refractivity contribution in [1.29, 1.82) is 0 Å². The number of ether oxygens (including phenoxy) is 1. The lowest BCUT2D eigenvalue weighted by Crippen LogP contribution is -2.52. The van der Waals surface area contributed by atoms with Gasteiger partial charge in [-0.2, -0.15) is 0 Å². The molecule has 0 radical (unpaired) electrons. The first kappa shape index (κ1) is 33.9. The first-order valence-corrected chi connectivity index (χ1v) is 16.8. The summed E-state index contributed by atoms with van der Waals surface area (Å²) < 4.78 is 32.6. The topological polar surface area (TPSA) is 96.0 Å². The molecule has 2 atom stereocenters. The van der Waals surface area contributed by atoms with Crippen LogP contribution in [0.15, 0.2) is 78.9 Å². The Morgan fingerprint density at radius 3 is 2.28 bits per heavy atom. The molecule has 10 heteroatoms. The predicted octanol–water partition coefficient (Wildman–Crippen LogP) is 5.84. The number of hydrogen-bond acceptors (Lipinski definition) is 5. The maximum Gasteiger partial charge on any atom is 0.243 e. The van der Waals surface area contributed by atoms with Gasteiger partial charge in [-0.3, -0.25) is 13.9 Å². The highest BCUT2D eigenvalue weighted by Crippen LogP contribution is 2.30. The monoisotopic (exact) mass is 627 g/mol. The lowest BCUT2D eigenvalue weighted by atomic mass is 10.0. The maximum atomic E-state index is 14.0. The van der Waals surface area contributed by atoms with E-state index in [1.807, 2.05) is 63.2 Å². The zero-order valence-corrected chi connectivity index (χ0v) is 26.9. The Morgan fingerprint density at radius 1 is 0.953 bits per heavy atom. The molecule has 1 N–H and O–H groups in total. The third kappa shape index (κ3) is 10.3. The Balaban J connectivity index is 1.91. The third-order valence-electron chi connectivity index (χ3n) is 7.10. The number of benzene rings is 3. The summed E-state index contributed by atoms with van der Waals surface area (Å²) in [7, 11) is -3.67. The fourth-order valence-corrected chi connectivity index (χ4v) is 5.93. The average molecular weight is 628 g/mol. The van der Waals surface area contributed by atoms with Gasteiger partial charge in [0, 0.05) is 37.0 Å². The van der Waals surface area contributed by atoms with E-state index in [1.165, 1.54) is 4.31 Å². The van der Waals surface area contributed by atoms with Crippen molar-refractivity contribution in [3.05, 3.63) is 95.0 Å². The van der Waals surface area contributed by atoms with E-state index in [2.05, 4.69) is 5.32 Å². The molecule has 0 saturated carbocycles. The first-order chi connectivity index (χ1) is 20.5. The number of nitrogens with one attached hydrogen (secondary N) is 1. The van der Waals surface area contributed by atoms with E-state index < -0.39 is 16.1 Å². The Morgan fingerprint density at radius 2 is 1.63 bits per heavy atom. The fraction of sp³-hybridized carbons (Fsp3) is 0.394. The Labute approximate surface area is 261 Å². The highest BCUT2D eigenvalue weighted by Gasteiger charge is 2.31. The largest absolute Gasteiger partial charge is 0.492 e.